The number of piperidine rings is 1. The van der Waals surface area contributed by atoms with Crippen LogP contribution in [0.2, 0.25) is 0 Å². The van der Waals surface area contributed by atoms with E-state index in [0.29, 0.717) is 6.04 Å². The number of thiazole rings is 1. The lowest BCUT2D eigenvalue weighted by molar-refractivity contribution is 0.333. The minimum Gasteiger partial charge on any atom is -0.310 e. The molecule has 2 heterocycles. The SMILES string of the molecule is C[C@@H]1CC[C@@H](c2ccc3sc(CN(C)C)nc3c2)NC1. The average Bonchev–Trinajstić information content (AvgIpc) is 2.79. The molecule has 2 aromatic rings. The second kappa shape index (κ2) is 5.80. The van der Waals surface area contributed by atoms with Crippen LogP contribution in [0.25, 0.3) is 10.2 Å². The smallest absolute Gasteiger partial charge is 0.108 e. The molecule has 0 bridgehead atoms. The number of fused-ring (bicyclic) bond motifs is 1. The molecule has 20 heavy (non-hydrogen) atoms. The first-order chi connectivity index (χ1) is 9.61. The molecule has 2 atom stereocenters. The summed E-state index contributed by atoms with van der Waals surface area (Å²) in [7, 11) is 4.18. The summed E-state index contributed by atoms with van der Waals surface area (Å²) in [5.74, 6) is 0.806. The predicted molar refractivity (Wildman–Crippen MR) is 86.2 cm³/mol. The van der Waals surface area contributed by atoms with Gasteiger partial charge < -0.3 is 10.2 Å². The van der Waals surface area contributed by atoms with Crippen LogP contribution < -0.4 is 5.32 Å². The van der Waals surface area contributed by atoms with Crippen LogP contribution in [0.5, 0.6) is 0 Å². The Morgan fingerprint density at radius 1 is 1.35 bits per heavy atom. The van der Waals surface area contributed by atoms with Crippen molar-refractivity contribution in [3.63, 3.8) is 0 Å². The highest BCUT2D eigenvalue weighted by molar-refractivity contribution is 7.18. The van der Waals surface area contributed by atoms with E-state index in [1.165, 1.54) is 28.1 Å². The second-order valence-corrected chi connectivity index (χ2v) is 7.33. The van der Waals surface area contributed by atoms with Gasteiger partial charge in [0.25, 0.3) is 0 Å². The van der Waals surface area contributed by atoms with Crippen molar-refractivity contribution < 1.29 is 0 Å². The minimum atomic E-state index is 0.509. The van der Waals surface area contributed by atoms with Crippen LogP contribution in [0.15, 0.2) is 18.2 Å². The maximum absolute atomic E-state index is 4.77. The van der Waals surface area contributed by atoms with Crippen LogP contribution in [0.1, 0.15) is 36.4 Å². The van der Waals surface area contributed by atoms with Crippen molar-refractivity contribution in [1.29, 1.82) is 0 Å². The third kappa shape index (κ3) is 3.03. The summed E-state index contributed by atoms with van der Waals surface area (Å²) in [6.45, 7) is 4.37. The summed E-state index contributed by atoms with van der Waals surface area (Å²) in [5, 5.41) is 4.86. The Morgan fingerprint density at radius 2 is 2.20 bits per heavy atom. The first-order valence-corrected chi connectivity index (χ1v) is 8.21. The van der Waals surface area contributed by atoms with E-state index in [-0.39, 0.29) is 0 Å². The number of hydrogen-bond acceptors (Lipinski definition) is 4. The van der Waals surface area contributed by atoms with Crippen molar-refractivity contribution in [2.24, 2.45) is 5.92 Å². The Hall–Kier alpha value is -0.970. The Morgan fingerprint density at radius 3 is 2.90 bits per heavy atom. The molecular weight excluding hydrogens is 266 g/mol. The van der Waals surface area contributed by atoms with Crippen LogP contribution >= 0.6 is 11.3 Å². The molecule has 1 aliphatic rings. The molecule has 108 valence electrons. The molecular formula is C16H23N3S. The van der Waals surface area contributed by atoms with E-state index in [9.17, 15) is 0 Å². The quantitative estimate of drug-likeness (QED) is 0.938. The molecule has 0 spiro atoms. The first-order valence-electron chi connectivity index (χ1n) is 7.39. The largest absolute Gasteiger partial charge is 0.310 e. The zero-order valence-corrected chi connectivity index (χ0v) is 13.3. The van der Waals surface area contributed by atoms with Gasteiger partial charge in [-0.05, 0) is 57.1 Å². The number of hydrogen-bond donors (Lipinski definition) is 1. The number of aromatic nitrogens is 1. The predicted octanol–water partition coefficient (Wildman–Crippen LogP) is 3.42. The lowest BCUT2D eigenvalue weighted by Gasteiger charge is -2.28. The Bertz CT molecular complexity index is 582. The summed E-state index contributed by atoms with van der Waals surface area (Å²) >= 11 is 1.81. The summed E-state index contributed by atoms with van der Waals surface area (Å²) in [6, 6.07) is 7.29. The summed E-state index contributed by atoms with van der Waals surface area (Å²) in [5.41, 5.74) is 2.55. The van der Waals surface area contributed by atoms with Gasteiger partial charge in [0, 0.05) is 12.6 Å². The first kappa shape index (κ1) is 14.0. The van der Waals surface area contributed by atoms with Crippen molar-refractivity contribution >= 4 is 21.6 Å². The van der Waals surface area contributed by atoms with E-state index in [1.54, 1.807) is 0 Å². The average molecular weight is 289 g/mol. The fourth-order valence-electron chi connectivity index (χ4n) is 2.83. The zero-order chi connectivity index (χ0) is 14.1. The Kier molecular flexibility index (Phi) is 4.06. The highest BCUT2D eigenvalue weighted by Crippen LogP contribution is 2.30. The number of rotatable bonds is 3. The summed E-state index contributed by atoms with van der Waals surface area (Å²) in [4.78, 5) is 6.94. The van der Waals surface area contributed by atoms with Crippen molar-refractivity contribution in [1.82, 2.24) is 15.2 Å². The normalized spacial score (nSPS) is 23.6. The fraction of sp³-hybridized carbons (Fsp3) is 0.562. The van der Waals surface area contributed by atoms with Gasteiger partial charge in [0.1, 0.15) is 5.01 Å². The third-order valence-corrected chi connectivity index (χ3v) is 4.99. The number of benzene rings is 1. The Labute approximate surface area is 125 Å². The van der Waals surface area contributed by atoms with Gasteiger partial charge in [0.15, 0.2) is 0 Å². The molecule has 1 aromatic heterocycles. The topological polar surface area (TPSA) is 28.2 Å². The minimum absolute atomic E-state index is 0.509. The molecule has 1 aromatic carbocycles. The zero-order valence-electron chi connectivity index (χ0n) is 12.5. The van der Waals surface area contributed by atoms with Crippen molar-refractivity contribution in [3.8, 4) is 0 Å². The molecule has 1 aliphatic heterocycles. The van der Waals surface area contributed by atoms with Gasteiger partial charge in [0.05, 0.1) is 10.2 Å². The number of nitrogens with one attached hydrogen (secondary N) is 1. The van der Waals surface area contributed by atoms with Crippen LogP contribution in [0, 0.1) is 5.92 Å². The lowest BCUT2D eigenvalue weighted by atomic mass is 9.92. The molecule has 1 fully saturated rings. The van der Waals surface area contributed by atoms with E-state index in [2.05, 4.69) is 49.4 Å². The molecule has 0 amide bonds. The van der Waals surface area contributed by atoms with E-state index < -0.39 is 0 Å². The van der Waals surface area contributed by atoms with Crippen LogP contribution in [-0.2, 0) is 6.54 Å². The van der Waals surface area contributed by atoms with Crippen LogP contribution in [-0.4, -0.2) is 30.5 Å². The molecule has 0 saturated carbocycles. The van der Waals surface area contributed by atoms with E-state index in [0.717, 1.165) is 24.5 Å². The van der Waals surface area contributed by atoms with Gasteiger partial charge in [-0.2, -0.15) is 0 Å². The summed E-state index contributed by atoms with van der Waals surface area (Å²) < 4.78 is 1.30. The van der Waals surface area contributed by atoms with Crippen LogP contribution in [0.4, 0.5) is 0 Å². The highest BCUT2D eigenvalue weighted by atomic mass is 32.1. The van der Waals surface area contributed by atoms with Gasteiger partial charge in [-0.3, -0.25) is 0 Å². The van der Waals surface area contributed by atoms with Gasteiger partial charge >= 0.3 is 0 Å². The molecule has 0 aliphatic carbocycles. The number of nitrogens with zero attached hydrogens (tertiary/aromatic N) is 2. The van der Waals surface area contributed by atoms with E-state index in [1.807, 2.05) is 11.3 Å². The molecule has 1 N–H and O–H groups in total. The molecule has 1 saturated heterocycles. The van der Waals surface area contributed by atoms with Gasteiger partial charge in [-0.15, -0.1) is 11.3 Å². The van der Waals surface area contributed by atoms with E-state index in [4.69, 9.17) is 4.98 Å². The van der Waals surface area contributed by atoms with Crippen LogP contribution in [0.3, 0.4) is 0 Å². The van der Waals surface area contributed by atoms with E-state index >= 15 is 0 Å². The molecule has 3 nitrogen and oxygen atoms in total. The van der Waals surface area contributed by atoms with Crippen molar-refractivity contribution in [2.75, 3.05) is 20.6 Å². The maximum Gasteiger partial charge on any atom is 0.108 e. The lowest BCUT2D eigenvalue weighted by Crippen LogP contribution is -2.31. The maximum atomic E-state index is 4.77. The summed E-state index contributed by atoms with van der Waals surface area (Å²) in [6.07, 6.45) is 2.56. The third-order valence-electron chi connectivity index (χ3n) is 3.97. The molecule has 0 unspecified atom stereocenters. The Balaban J connectivity index is 1.83. The van der Waals surface area contributed by atoms with Gasteiger partial charge in [0.2, 0.25) is 0 Å². The van der Waals surface area contributed by atoms with Crippen molar-refractivity contribution in [2.45, 2.75) is 32.4 Å². The standard InChI is InChI=1S/C16H23N3S/c1-11-4-6-13(17-9-11)12-5-7-15-14(8-12)18-16(20-15)10-19(2)3/h5,7-8,11,13,17H,4,6,9-10H2,1-3H3/t11-,13+/m1/s1. The molecule has 0 radical (unpaired) electrons. The highest BCUT2D eigenvalue weighted by Gasteiger charge is 2.19. The fourth-order valence-corrected chi connectivity index (χ4v) is 3.90. The van der Waals surface area contributed by atoms with Gasteiger partial charge in [-0.1, -0.05) is 13.0 Å². The second-order valence-electron chi connectivity index (χ2n) is 6.22. The monoisotopic (exact) mass is 289 g/mol. The van der Waals surface area contributed by atoms with Gasteiger partial charge in [-0.25, -0.2) is 4.98 Å². The molecule has 4 heteroatoms. The van der Waals surface area contributed by atoms with Crippen molar-refractivity contribution in [3.05, 3.63) is 28.8 Å². The molecule has 3 rings (SSSR count).